The minimum Gasteiger partial charge on any atom is -0.352 e. The number of hydrogen-bond acceptors (Lipinski definition) is 6. The fourth-order valence-corrected chi connectivity index (χ4v) is 8.25. The lowest BCUT2D eigenvalue weighted by molar-refractivity contribution is -0.123. The summed E-state index contributed by atoms with van der Waals surface area (Å²) < 4.78 is 1.58. The summed E-state index contributed by atoms with van der Waals surface area (Å²) in [6.07, 6.45) is 8.38. The number of pyridine rings is 1. The van der Waals surface area contributed by atoms with Gasteiger partial charge in [0, 0.05) is 60.7 Å². The highest BCUT2D eigenvalue weighted by Gasteiger charge is 2.28. The maximum absolute atomic E-state index is 13.3. The van der Waals surface area contributed by atoms with Crippen molar-refractivity contribution in [1.82, 2.24) is 30.7 Å². The topological polar surface area (TPSA) is 117 Å². The van der Waals surface area contributed by atoms with Gasteiger partial charge in [0.1, 0.15) is 5.65 Å². The number of nitrogens with zero attached hydrogens (tertiary/aromatic N) is 2. The van der Waals surface area contributed by atoms with Crippen LogP contribution in [0.1, 0.15) is 47.9 Å². The summed E-state index contributed by atoms with van der Waals surface area (Å²) in [5, 5.41) is 13.5. The van der Waals surface area contributed by atoms with Crippen LogP contribution in [0.3, 0.4) is 0 Å². The molecular weight excluding hydrogens is 660 g/mol. The summed E-state index contributed by atoms with van der Waals surface area (Å²) in [6, 6.07) is 23.0. The first-order valence-electron chi connectivity index (χ1n) is 17.9. The Morgan fingerprint density at radius 2 is 1.73 bits per heavy atom. The summed E-state index contributed by atoms with van der Waals surface area (Å²) in [5.41, 5.74) is 10.6. The second-order valence-corrected chi connectivity index (χ2v) is 14.4. The fraction of sp³-hybridized carbons (Fsp3) is 0.317. The highest BCUT2D eigenvalue weighted by Crippen LogP contribution is 2.41. The molecule has 2 aromatic heterocycles. The van der Waals surface area contributed by atoms with Crippen molar-refractivity contribution >= 4 is 29.1 Å². The van der Waals surface area contributed by atoms with Crippen molar-refractivity contribution in [3.63, 3.8) is 0 Å². The average molecular weight is 701 g/mol. The van der Waals surface area contributed by atoms with E-state index in [9.17, 15) is 14.4 Å². The number of rotatable bonds is 9. The number of hydrogen-bond donors (Lipinski definition) is 4. The number of carbonyl (C=O) groups is 2. The van der Waals surface area contributed by atoms with Crippen molar-refractivity contribution in [2.75, 3.05) is 13.1 Å². The largest absolute Gasteiger partial charge is 0.352 e. The van der Waals surface area contributed by atoms with Gasteiger partial charge in [0.15, 0.2) is 0 Å². The molecule has 3 aliphatic rings. The van der Waals surface area contributed by atoms with Crippen molar-refractivity contribution in [3.05, 3.63) is 117 Å². The minimum absolute atomic E-state index is 0.0729. The van der Waals surface area contributed by atoms with Crippen LogP contribution in [-0.4, -0.2) is 52.4 Å². The molecule has 4 heterocycles. The minimum atomic E-state index is -0.114. The van der Waals surface area contributed by atoms with Gasteiger partial charge in [0.05, 0.1) is 11.1 Å². The molecule has 0 spiro atoms. The predicted octanol–water partition coefficient (Wildman–Crippen LogP) is 5.36. The normalized spacial score (nSPS) is 19.7. The number of halogens is 1. The molecule has 0 saturated carbocycles. The SMILES string of the molecule is Cc1c(-c2ccn3c(=O)c(CNC[C@H]4CCC(=O)N4)cnc3c2)cccc1-c1cccc(-c2ccc3c(c2)C[C@@H](NC(=O)[C@H]2CCCN2)C3)c1Cl. The average Bonchev–Trinajstić information content (AvgIpc) is 3.91. The second-order valence-electron chi connectivity index (χ2n) is 14.1. The summed E-state index contributed by atoms with van der Waals surface area (Å²) >= 11 is 7.22. The third-order valence-corrected chi connectivity index (χ3v) is 11.1. The van der Waals surface area contributed by atoms with Crippen LogP contribution in [0, 0.1) is 6.92 Å². The van der Waals surface area contributed by atoms with Crippen LogP contribution in [0.5, 0.6) is 0 Å². The Kier molecular flexibility index (Phi) is 9.19. The smallest absolute Gasteiger partial charge is 0.262 e. The van der Waals surface area contributed by atoms with Gasteiger partial charge < -0.3 is 21.3 Å². The van der Waals surface area contributed by atoms with E-state index in [1.165, 1.54) is 11.1 Å². The molecule has 2 saturated heterocycles. The zero-order valence-corrected chi connectivity index (χ0v) is 29.4. The van der Waals surface area contributed by atoms with Gasteiger partial charge in [-0.2, -0.15) is 0 Å². The number of benzene rings is 3. The number of amides is 2. The molecule has 3 atom stereocenters. The van der Waals surface area contributed by atoms with Crippen molar-refractivity contribution in [2.24, 2.45) is 0 Å². The maximum atomic E-state index is 13.3. The van der Waals surface area contributed by atoms with E-state index in [2.05, 4.69) is 81.7 Å². The fourth-order valence-electron chi connectivity index (χ4n) is 7.91. The Labute approximate surface area is 301 Å². The Bertz CT molecular complexity index is 2230. The van der Waals surface area contributed by atoms with E-state index in [1.54, 1.807) is 16.8 Å². The molecule has 8 rings (SSSR count). The summed E-state index contributed by atoms with van der Waals surface area (Å²) in [5.74, 6) is 0.186. The van der Waals surface area contributed by atoms with E-state index in [4.69, 9.17) is 11.6 Å². The summed E-state index contributed by atoms with van der Waals surface area (Å²) in [4.78, 5) is 42.1. The standard InChI is InChI=1S/C41H41ClN6O3/c1-24-32(27-14-16-48-37(20-27)45-22-29(41(48)51)21-43-23-30-12-13-38(49)46-30)5-2-6-33(24)35-8-3-7-34(39(35)42)26-11-10-25-18-31(19-28(25)17-26)47-40(50)36-9-4-15-44-36/h2-3,5-8,10-11,14,16-17,20,22,30-31,36,43-44H,4,9,12-13,15,18-19,21,23H2,1H3,(H,46,49)(H,47,50)/t30-,31+,36-/m1/s1. The first-order valence-corrected chi connectivity index (χ1v) is 18.3. The number of aromatic nitrogens is 2. The first-order chi connectivity index (χ1) is 24.8. The molecule has 2 fully saturated rings. The molecule has 3 aromatic carbocycles. The zero-order valence-electron chi connectivity index (χ0n) is 28.6. The predicted molar refractivity (Wildman–Crippen MR) is 201 cm³/mol. The van der Waals surface area contributed by atoms with Crippen molar-refractivity contribution in [1.29, 1.82) is 0 Å². The molecule has 10 heteroatoms. The van der Waals surface area contributed by atoms with E-state index in [0.29, 0.717) is 35.7 Å². The van der Waals surface area contributed by atoms with Crippen LogP contribution in [0.25, 0.3) is 39.0 Å². The van der Waals surface area contributed by atoms with Gasteiger partial charge in [-0.1, -0.05) is 66.2 Å². The van der Waals surface area contributed by atoms with Crippen LogP contribution in [-0.2, 0) is 29.0 Å². The molecule has 0 radical (unpaired) electrons. The summed E-state index contributed by atoms with van der Waals surface area (Å²) in [7, 11) is 0. The van der Waals surface area contributed by atoms with Gasteiger partial charge in [-0.3, -0.25) is 18.8 Å². The molecule has 51 heavy (non-hydrogen) atoms. The Hall–Kier alpha value is -4.83. The van der Waals surface area contributed by atoms with Gasteiger partial charge in [-0.05, 0) is 96.6 Å². The first kappa shape index (κ1) is 33.3. The van der Waals surface area contributed by atoms with Crippen LogP contribution in [0.15, 0.2) is 83.9 Å². The third-order valence-electron chi connectivity index (χ3n) is 10.7. The van der Waals surface area contributed by atoms with Crippen molar-refractivity contribution < 1.29 is 9.59 Å². The van der Waals surface area contributed by atoms with E-state index in [-0.39, 0.29) is 35.5 Å². The lowest BCUT2D eigenvalue weighted by Gasteiger charge is -2.16. The van der Waals surface area contributed by atoms with Crippen molar-refractivity contribution in [3.8, 4) is 33.4 Å². The van der Waals surface area contributed by atoms with Gasteiger partial charge >= 0.3 is 0 Å². The van der Waals surface area contributed by atoms with Crippen molar-refractivity contribution in [2.45, 2.75) is 70.1 Å². The zero-order chi connectivity index (χ0) is 35.1. The van der Waals surface area contributed by atoms with Gasteiger partial charge in [0.2, 0.25) is 11.8 Å². The molecule has 0 bridgehead atoms. The molecule has 1 aliphatic carbocycles. The molecule has 2 amide bonds. The number of carbonyl (C=O) groups excluding carboxylic acids is 2. The van der Waals surface area contributed by atoms with E-state index >= 15 is 0 Å². The van der Waals surface area contributed by atoms with Gasteiger partial charge in [-0.15, -0.1) is 0 Å². The molecular formula is C41H41ClN6O3. The van der Waals surface area contributed by atoms with Crippen LogP contribution < -0.4 is 26.8 Å². The quantitative estimate of drug-likeness (QED) is 0.165. The lowest BCUT2D eigenvalue weighted by Crippen LogP contribution is -2.45. The van der Waals surface area contributed by atoms with Crippen LogP contribution in [0.4, 0.5) is 0 Å². The van der Waals surface area contributed by atoms with Gasteiger partial charge in [-0.25, -0.2) is 4.98 Å². The molecule has 2 aliphatic heterocycles. The lowest BCUT2D eigenvalue weighted by atomic mass is 9.91. The second kappa shape index (κ2) is 14.1. The van der Waals surface area contributed by atoms with Crippen LogP contribution in [0.2, 0.25) is 5.02 Å². The Morgan fingerprint density at radius 3 is 2.53 bits per heavy atom. The molecule has 260 valence electrons. The molecule has 0 unspecified atom stereocenters. The number of fused-ring (bicyclic) bond motifs is 2. The van der Waals surface area contributed by atoms with E-state index in [1.807, 2.05) is 18.2 Å². The third kappa shape index (κ3) is 6.69. The number of nitrogens with one attached hydrogen (secondary N) is 4. The highest BCUT2D eigenvalue weighted by atomic mass is 35.5. The van der Waals surface area contributed by atoms with E-state index < -0.39 is 0 Å². The van der Waals surface area contributed by atoms with Crippen LogP contribution >= 0.6 is 11.6 Å². The highest BCUT2D eigenvalue weighted by molar-refractivity contribution is 6.36. The monoisotopic (exact) mass is 700 g/mol. The Balaban J connectivity index is 1.01. The molecule has 5 aromatic rings. The Morgan fingerprint density at radius 1 is 0.941 bits per heavy atom. The molecule has 4 N–H and O–H groups in total. The molecule has 9 nitrogen and oxygen atoms in total. The van der Waals surface area contributed by atoms with E-state index in [0.717, 1.165) is 77.6 Å². The maximum Gasteiger partial charge on any atom is 0.262 e. The van der Waals surface area contributed by atoms with Gasteiger partial charge in [0.25, 0.3) is 5.56 Å². The summed E-state index contributed by atoms with van der Waals surface area (Å²) in [6.45, 7) is 4.00.